The molecule has 0 unspecified atom stereocenters. The van der Waals surface area contributed by atoms with E-state index in [0.29, 0.717) is 24.8 Å². The number of carbonyl (C=O) groups is 1. The SMILES string of the molecule is C[C@H](CC(=O)NC(N)=NCCCc1cnc[nH]1)C1CCCCC1. The van der Waals surface area contributed by atoms with Crippen LogP contribution in [-0.2, 0) is 11.2 Å². The Labute approximate surface area is 138 Å². The fourth-order valence-electron chi connectivity index (χ4n) is 3.29. The molecule has 0 aromatic carbocycles. The summed E-state index contributed by atoms with van der Waals surface area (Å²) in [5.41, 5.74) is 6.87. The van der Waals surface area contributed by atoms with Crippen molar-refractivity contribution in [3.63, 3.8) is 0 Å². The Kier molecular flexibility index (Phi) is 7.10. The summed E-state index contributed by atoms with van der Waals surface area (Å²) in [4.78, 5) is 23.3. The molecule has 0 spiro atoms. The molecule has 0 bridgehead atoms. The summed E-state index contributed by atoms with van der Waals surface area (Å²) >= 11 is 0. The number of guanidine groups is 1. The van der Waals surface area contributed by atoms with Gasteiger partial charge in [-0.15, -0.1) is 0 Å². The van der Waals surface area contributed by atoms with Gasteiger partial charge in [-0.2, -0.15) is 0 Å². The molecule has 1 amide bonds. The number of rotatable bonds is 7. The van der Waals surface area contributed by atoms with Crippen molar-refractivity contribution >= 4 is 11.9 Å². The lowest BCUT2D eigenvalue weighted by Gasteiger charge is -2.27. The van der Waals surface area contributed by atoms with Crippen LogP contribution < -0.4 is 11.1 Å². The first-order valence-corrected chi connectivity index (χ1v) is 8.72. The first-order chi connectivity index (χ1) is 11.1. The number of imidazole rings is 1. The van der Waals surface area contributed by atoms with Crippen molar-refractivity contribution in [2.24, 2.45) is 22.6 Å². The van der Waals surface area contributed by atoms with Crippen molar-refractivity contribution < 1.29 is 4.79 Å². The number of aliphatic imine (C=N–C) groups is 1. The second-order valence-electron chi connectivity index (χ2n) is 6.58. The Balaban J connectivity index is 1.63. The van der Waals surface area contributed by atoms with E-state index in [4.69, 9.17) is 5.73 Å². The first-order valence-electron chi connectivity index (χ1n) is 8.72. The summed E-state index contributed by atoms with van der Waals surface area (Å²) in [5, 5.41) is 2.71. The molecular formula is C17H29N5O. The molecule has 6 nitrogen and oxygen atoms in total. The van der Waals surface area contributed by atoms with E-state index in [2.05, 4.69) is 27.2 Å². The fraction of sp³-hybridized carbons (Fsp3) is 0.706. The third-order valence-electron chi connectivity index (χ3n) is 4.67. The molecule has 2 rings (SSSR count). The number of amides is 1. The Morgan fingerprint density at radius 3 is 2.96 bits per heavy atom. The van der Waals surface area contributed by atoms with Crippen LogP contribution in [0.4, 0.5) is 0 Å². The van der Waals surface area contributed by atoms with E-state index in [9.17, 15) is 4.79 Å². The molecule has 0 aliphatic heterocycles. The van der Waals surface area contributed by atoms with E-state index in [-0.39, 0.29) is 11.9 Å². The molecule has 128 valence electrons. The number of nitrogens with two attached hydrogens (primary N) is 1. The normalized spacial score (nSPS) is 17.9. The van der Waals surface area contributed by atoms with Crippen LogP contribution in [0.1, 0.15) is 57.6 Å². The lowest BCUT2D eigenvalue weighted by molar-refractivity contribution is -0.121. The van der Waals surface area contributed by atoms with Gasteiger partial charge in [-0.05, 0) is 24.7 Å². The van der Waals surface area contributed by atoms with Crippen LogP contribution in [0, 0.1) is 11.8 Å². The maximum absolute atomic E-state index is 12.0. The summed E-state index contributed by atoms with van der Waals surface area (Å²) in [6.07, 6.45) is 12.2. The molecule has 1 aromatic heterocycles. The van der Waals surface area contributed by atoms with Gasteiger partial charge in [0.15, 0.2) is 5.96 Å². The lowest BCUT2D eigenvalue weighted by Crippen LogP contribution is -2.38. The van der Waals surface area contributed by atoms with Gasteiger partial charge in [0, 0.05) is 24.9 Å². The third kappa shape index (κ3) is 6.42. The van der Waals surface area contributed by atoms with Crippen LogP contribution >= 0.6 is 0 Å². The molecule has 4 N–H and O–H groups in total. The zero-order valence-corrected chi connectivity index (χ0v) is 14.1. The number of hydrogen-bond donors (Lipinski definition) is 3. The molecule has 1 heterocycles. The van der Waals surface area contributed by atoms with Gasteiger partial charge in [0.1, 0.15) is 0 Å². The molecule has 0 radical (unpaired) electrons. The molecule has 1 fully saturated rings. The van der Waals surface area contributed by atoms with Gasteiger partial charge in [0.05, 0.1) is 6.33 Å². The molecule has 1 atom stereocenters. The van der Waals surface area contributed by atoms with Crippen LogP contribution in [0.3, 0.4) is 0 Å². The molecular weight excluding hydrogens is 290 g/mol. The van der Waals surface area contributed by atoms with E-state index in [0.717, 1.165) is 18.5 Å². The van der Waals surface area contributed by atoms with Crippen molar-refractivity contribution in [2.75, 3.05) is 6.54 Å². The van der Waals surface area contributed by atoms with E-state index in [1.165, 1.54) is 32.1 Å². The van der Waals surface area contributed by atoms with E-state index < -0.39 is 0 Å². The number of nitrogens with zero attached hydrogens (tertiary/aromatic N) is 2. The molecule has 1 aromatic rings. The average Bonchev–Trinajstić information content (AvgIpc) is 3.05. The monoisotopic (exact) mass is 319 g/mol. The summed E-state index contributed by atoms with van der Waals surface area (Å²) in [6.45, 7) is 2.77. The highest BCUT2D eigenvalue weighted by molar-refractivity contribution is 5.96. The van der Waals surface area contributed by atoms with Crippen LogP contribution in [-0.4, -0.2) is 28.4 Å². The highest BCUT2D eigenvalue weighted by atomic mass is 16.1. The minimum absolute atomic E-state index is 0.0158. The Morgan fingerprint density at radius 1 is 1.48 bits per heavy atom. The Bertz CT molecular complexity index is 491. The summed E-state index contributed by atoms with van der Waals surface area (Å²) in [6, 6.07) is 0. The van der Waals surface area contributed by atoms with E-state index >= 15 is 0 Å². The molecule has 1 saturated carbocycles. The highest BCUT2D eigenvalue weighted by Gasteiger charge is 2.22. The second-order valence-corrected chi connectivity index (χ2v) is 6.58. The van der Waals surface area contributed by atoms with E-state index in [1.54, 1.807) is 6.33 Å². The van der Waals surface area contributed by atoms with E-state index in [1.807, 2.05) is 6.20 Å². The predicted octanol–water partition coefficient (Wildman–Crippen LogP) is 2.38. The van der Waals surface area contributed by atoms with Gasteiger partial charge in [0.25, 0.3) is 0 Å². The van der Waals surface area contributed by atoms with Gasteiger partial charge in [-0.1, -0.05) is 39.0 Å². The van der Waals surface area contributed by atoms with Gasteiger partial charge in [-0.3, -0.25) is 15.1 Å². The smallest absolute Gasteiger partial charge is 0.226 e. The van der Waals surface area contributed by atoms with Gasteiger partial charge in [0.2, 0.25) is 5.91 Å². The van der Waals surface area contributed by atoms with Crippen LogP contribution in [0.15, 0.2) is 17.5 Å². The molecule has 1 aliphatic carbocycles. The molecule has 0 saturated heterocycles. The summed E-state index contributed by atoms with van der Waals surface area (Å²) in [5.74, 6) is 1.32. The lowest BCUT2D eigenvalue weighted by atomic mass is 9.79. The maximum Gasteiger partial charge on any atom is 0.226 e. The topological polar surface area (TPSA) is 96.2 Å². The molecule has 6 heteroatoms. The number of nitrogens with one attached hydrogen (secondary N) is 2. The second kappa shape index (κ2) is 9.33. The van der Waals surface area contributed by atoms with Gasteiger partial charge >= 0.3 is 0 Å². The summed E-state index contributed by atoms with van der Waals surface area (Å²) < 4.78 is 0. The van der Waals surface area contributed by atoms with Crippen molar-refractivity contribution in [3.8, 4) is 0 Å². The molecule has 1 aliphatic rings. The van der Waals surface area contributed by atoms with Gasteiger partial charge < -0.3 is 10.7 Å². The fourth-order valence-corrected chi connectivity index (χ4v) is 3.29. The average molecular weight is 319 g/mol. The predicted molar refractivity (Wildman–Crippen MR) is 91.9 cm³/mol. The van der Waals surface area contributed by atoms with Gasteiger partial charge in [-0.25, -0.2) is 4.98 Å². The zero-order valence-electron chi connectivity index (χ0n) is 14.1. The van der Waals surface area contributed by atoms with Crippen molar-refractivity contribution in [1.82, 2.24) is 15.3 Å². The van der Waals surface area contributed by atoms with Crippen molar-refractivity contribution in [3.05, 3.63) is 18.2 Å². The number of aryl methyl sites for hydroxylation is 1. The largest absolute Gasteiger partial charge is 0.370 e. The standard InChI is InChI=1S/C17H29N5O/c1-13(14-6-3-2-4-7-14)10-16(23)22-17(18)20-9-5-8-15-11-19-12-21-15/h11-14H,2-10H2,1H3,(H,19,21)(H3,18,20,22,23)/t13-/m1/s1. The van der Waals surface area contributed by atoms with Crippen LogP contribution in [0.5, 0.6) is 0 Å². The minimum Gasteiger partial charge on any atom is -0.370 e. The zero-order chi connectivity index (χ0) is 16.5. The number of hydrogen-bond acceptors (Lipinski definition) is 3. The number of aromatic nitrogens is 2. The maximum atomic E-state index is 12.0. The summed E-state index contributed by atoms with van der Waals surface area (Å²) in [7, 11) is 0. The molecule has 23 heavy (non-hydrogen) atoms. The van der Waals surface area contributed by atoms with Crippen LogP contribution in [0.25, 0.3) is 0 Å². The first kappa shape index (κ1) is 17.5. The Morgan fingerprint density at radius 2 is 2.26 bits per heavy atom. The van der Waals surface area contributed by atoms with Crippen LogP contribution in [0.2, 0.25) is 0 Å². The number of H-pyrrole nitrogens is 1. The third-order valence-corrected chi connectivity index (χ3v) is 4.67. The quantitative estimate of drug-likeness (QED) is 0.409. The van der Waals surface area contributed by atoms with Crippen molar-refractivity contribution in [1.29, 1.82) is 0 Å². The highest BCUT2D eigenvalue weighted by Crippen LogP contribution is 2.31. The van der Waals surface area contributed by atoms with Crippen molar-refractivity contribution in [2.45, 2.75) is 58.3 Å². The Hall–Kier alpha value is -1.85. The number of aromatic amines is 1. The minimum atomic E-state index is -0.0158. The number of carbonyl (C=O) groups excluding carboxylic acids is 1.